The Kier molecular flexibility index (Phi) is 4.29. The van der Waals surface area contributed by atoms with Gasteiger partial charge in [0, 0.05) is 28.2 Å². The average molecular weight is 246 g/mol. The molecule has 0 saturated carbocycles. The maximum Gasteiger partial charge on any atom is 0.0415 e. The van der Waals surface area contributed by atoms with Crippen LogP contribution in [0.5, 0.6) is 0 Å². The molecule has 2 aromatic rings. The zero-order valence-corrected chi connectivity index (χ0v) is 11.1. The molecule has 0 amide bonds. The van der Waals surface area contributed by atoms with E-state index in [9.17, 15) is 0 Å². The van der Waals surface area contributed by atoms with Gasteiger partial charge in [0.2, 0.25) is 0 Å². The molecule has 0 aromatic carbocycles. The Morgan fingerprint density at radius 1 is 1.35 bits per heavy atom. The fourth-order valence-electron chi connectivity index (χ4n) is 1.93. The molecule has 0 fully saturated rings. The van der Waals surface area contributed by atoms with Crippen LogP contribution in [0.3, 0.4) is 0 Å². The molecule has 0 aliphatic heterocycles. The maximum absolute atomic E-state index is 4.15. The van der Waals surface area contributed by atoms with Crippen LogP contribution in [0.1, 0.15) is 27.8 Å². The molecular formula is C14H18N2S. The predicted octanol–water partition coefficient (Wildman–Crippen LogP) is 3.34. The Morgan fingerprint density at radius 3 is 2.82 bits per heavy atom. The molecule has 1 unspecified atom stereocenters. The number of aromatic nitrogens is 1. The second-order valence-corrected chi connectivity index (χ2v) is 5.51. The predicted molar refractivity (Wildman–Crippen MR) is 73.4 cm³/mol. The smallest absolute Gasteiger partial charge is 0.0415 e. The summed E-state index contributed by atoms with van der Waals surface area (Å²) in [5, 5.41) is 3.39. The highest BCUT2D eigenvalue weighted by molar-refractivity contribution is 7.12. The molecule has 2 rings (SSSR count). The summed E-state index contributed by atoms with van der Waals surface area (Å²) in [6.45, 7) is 2.15. The molecule has 0 aliphatic rings. The zero-order chi connectivity index (χ0) is 12.1. The fourth-order valence-corrected chi connectivity index (χ4v) is 2.95. The largest absolute Gasteiger partial charge is 0.312 e. The first-order valence-electron chi connectivity index (χ1n) is 5.92. The van der Waals surface area contributed by atoms with Gasteiger partial charge in [0.25, 0.3) is 0 Å². The van der Waals surface area contributed by atoms with Crippen molar-refractivity contribution in [3.8, 4) is 0 Å². The lowest BCUT2D eigenvalue weighted by Crippen LogP contribution is -2.15. The lowest BCUT2D eigenvalue weighted by Gasteiger charge is -2.14. The molecule has 0 aliphatic carbocycles. The summed E-state index contributed by atoms with van der Waals surface area (Å²) in [5.74, 6) is 0. The number of hydrogen-bond acceptors (Lipinski definition) is 3. The van der Waals surface area contributed by atoms with E-state index in [0.717, 1.165) is 12.8 Å². The highest BCUT2D eigenvalue weighted by Crippen LogP contribution is 2.25. The lowest BCUT2D eigenvalue weighted by atomic mass is 10.1. The Labute approximate surface area is 107 Å². The molecule has 1 N–H and O–H groups in total. The van der Waals surface area contributed by atoms with Crippen LogP contribution in [-0.2, 0) is 6.42 Å². The van der Waals surface area contributed by atoms with Gasteiger partial charge >= 0.3 is 0 Å². The molecule has 1 atom stereocenters. The Bertz CT molecular complexity index is 450. The number of hydrogen-bond donors (Lipinski definition) is 1. The van der Waals surface area contributed by atoms with E-state index in [1.165, 1.54) is 15.3 Å². The van der Waals surface area contributed by atoms with Gasteiger partial charge in [0.05, 0.1) is 0 Å². The van der Waals surface area contributed by atoms with E-state index in [4.69, 9.17) is 0 Å². The van der Waals surface area contributed by atoms with E-state index in [1.807, 2.05) is 36.8 Å². The summed E-state index contributed by atoms with van der Waals surface area (Å²) < 4.78 is 0. The van der Waals surface area contributed by atoms with Gasteiger partial charge in [-0.2, -0.15) is 0 Å². The molecule has 0 bridgehead atoms. The van der Waals surface area contributed by atoms with Crippen molar-refractivity contribution < 1.29 is 0 Å². The van der Waals surface area contributed by atoms with Gasteiger partial charge in [-0.05, 0) is 50.6 Å². The first kappa shape index (κ1) is 12.3. The van der Waals surface area contributed by atoms with Crippen molar-refractivity contribution in [1.29, 1.82) is 0 Å². The van der Waals surface area contributed by atoms with Crippen molar-refractivity contribution in [2.45, 2.75) is 25.8 Å². The number of rotatable bonds is 5. The average Bonchev–Trinajstić information content (AvgIpc) is 2.78. The molecule has 3 heteroatoms. The number of aryl methyl sites for hydroxylation is 2. The maximum atomic E-state index is 4.15. The van der Waals surface area contributed by atoms with Crippen LogP contribution in [0.4, 0.5) is 0 Å². The monoisotopic (exact) mass is 246 g/mol. The summed E-state index contributed by atoms with van der Waals surface area (Å²) in [6.07, 6.45) is 5.95. The van der Waals surface area contributed by atoms with Gasteiger partial charge in [-0.15, -0.1) is 11.3 Å². The van der Waals surface area contributed by atoms with Crippen molar-refractivity contribution >= 4 is 11.3 Å². The molecule has 0 saturated heterocycles. The van der Waals surface area contributed by atoms with Gasteiger partial charge in [0.15, 0.2) is 0 Å². The van der Waals surface area contributed by atoms with E-state index in [2.05, 4.69) is 35.4 Å². The third-order valence-electron chi connectivity index (χ3n) is 2.90. The van der Waals surface area contributed by atoms with Gasteiger partial charge < -0.3 is 5.32 Å². The van der Waals surface area contributed by atoms with Crippen LogP contribution in [0.25, 0.3) is 0 Å². The first-order chi connectivity index (χ1) is 8.29. The van der Waals surface area contributed by atoms with Crippen molar-refractivity contribution in [2.24, 2.45) is 0 Å². The van der Waals surface area contributed by atoms with Crippen molar-refractivity contribution in [3.05, 3.63) is 52.0 Å². The van der Waals surface area contributed by atoms with E-state index in [-0.39, 0.29) is 0 Å². The highest BCUT2D eigenvalue weighted by Gasteiger charge is 2.11. The number of nitrogens with zero attached hydrogens (tertiary/aromatic N) is 1. The Morgan fingerprint density at radius 2 is 2.24 bits per heavy atom. The summed E-state index contributed by atoms with van der Waals surface area (Å²) >= 11 is 1.88. The van der Waals surface area contributed by atoms with E-state index in [1.54, 1.807) is 0 Å². The molecule has 2 aromatic heterocycles. The molecular weight excluding hydrogens is 228 g/mol. The second-order valence-electron chi connectivity index (χ2n) is 4.19. The number of pyridine rings is 1. The van der Waals surface area contributed by atoms with Crippen LogP contribution < -0.4 is 5.32 Å². The summed E-state index contributed by atoms with van der Waals surface area (Å²) in [6, 6.07) is 9.01. The Hall–Kier alpha value is -1.19. The fraction of sp³-hybridized carbons (Fsp3) is 0.357. The third-order valence-corrected chi connectivity index (χ3v) is 4.01. The minimum absolute atomic E-state index is 0.453. The molecule has 17 heavy (non-hydrogen) atoms. The second kappa shape index (κ2) is 5.94. The van der Waals surface area contributed by atoms with Crippen LogP contribution in [0.2, 0.25) is 0 Å². The molecule has 2 nitrogen and oxygen atoms in total. The molecule has 2 heterocycles. The van der Waals surface area contributed by atoms with Crippen LogP contribution in [-0.4, -0.2) is 12.0 Å². The lowest BCUT2D eigenvalue weighted by molar-refractivity contribution is 0.557. The third kappa shape index (κ3) is 3.38. The Balaban J connectivity index is 1.97. The molecule has 90 valence electrons. The van der Waals surface area contributed by atoms with Crippen molar-refractivity contribution in [1.82, 2.24) is 10.3 Å². The van der Waals surface area contributed by atoms with Gasteiger partial charge in [-0.1, -0.05) is 6.07 Å². The minimum atomic E-state index is 0.453. The minimum Gasteiger partial charge on any atom is -0.312 e. The topological polar surface area (TPSA) is 24.9 Å². The standard InChI is InChI=1S/C14H18N2S/c1-11-5-8-14(17-11)13(15-2)7-6-12-4-3-9-16-10-12/h3-5,8-10,13,15H,6-7H2,1-2H3. The SMILES string of the molecule is CNC(CCc1cccnc1)c1ccc(C)s1. The van der Waals surface area contributed by atoms with E-state index < -0.39 is 0 Å². The summed E-state index contributed by atoms with van der Waals surface area (Å²) in [7, 11) is 2.03. The molecule has 0 spiro atoms. The first-order valence-corrected chi connectivity index (χ1v) is 6.73. The summed E-state index contributed by atoms with van der Waals surface area (Å²) in [5.41, 5.74) is 1.31. The highest BCUT2D eigenvalue weighted by atomic mass is 32.1. The van der Waals surface area contributed by atoms with Crippen LogP contribution in [0.15, 0.2) is 36.7 Å². The van der Waals surface area contributed by atoms with Crippen molar-refractivity contribution in [3.63, 3.8) is 0 Å². The van der Waals surface area contributed by atoms with Gasteiger partial charge in [-0.25, -0.2) is 0 Å². The van der Waals surface area contributed by atoms with Crippen LogP contribution in [0, 0.1) is 6.92 Å². The van der Waals surface area contributed by atoms with Crippen LogP contribution >= 0.6 is 11.3 Å². The number of thiophene rings is 1. The van der Waals surface area contributed by atoms with Crippen molar-refractivity contribution in [2.75, 3.05) is 7.05 Å². The van der Waals surface area contributed by atoms with E-state index in [0.29, 0.717) is 6.04 Å². The van der Waals surface area contributed by atoms with Gasteiger partial charge in [0.1, 0.15) is 0 Å². The zero-order valence-electron chi connectivity index (χ0n) is 10.3. The normalized spacial score (nSPS) is 12.6. The molecule has 0 radical (unpaired) electrons. The van der Waals surface area contributed by atoms with E-state index >= 15 is 0 Å². The van der Waals surface area contributed by atoms with Gasteiger partial charge in [-0.3, -0.25) is 4.98 Å². The summed E-state index contributed by atoms with van der Waals surface area (Å²) in [4.78, 5) is 6.95. The quantitative estimate of drug-likeness (QED) is 0.875. The number of nitrogens with one attached hydrogen (secondary N) is 1.